The van der Waals surface area contributed by atoms with Gasteiger partial charge >= 0.3 is 0 Å². The number of β-amino-alcohol motifs (C(OH)–C–C–N with tert-alkyl or cyclic N) is 1. The molecule has 0 spiro atoms. The third kappa shape index (κ3) is 2.99. The maximum atomic E-state index is 12.8. The largest absolute Gasteiger partial charge is 0.387 e. The van der Waals surface area contributed by atoms with Gasteiger partial charge in [-0.3, -0.25) is 4.55 Å². The van der Waals surface area contributed by atoms with Crippen molar-refractivity contribution >= 4 is 15.8 Å². The summed E-state index contributed by atoms with van der Waals surface area (Å²) < 4.78 is 36.0. The highest BCUT2D eigenvalue weighted by Gasteiger charge is 2.55. The average Bonchev–Trinajstić information content (AvgIpc) is 3.05. The van der Waals surface area contributed by atoms with Gasteiger partial charge in [0.15, 0.2) is 4.87 Å². The van der Waals surface area contributed by atoms with Crippen LogP contribution in [-0.4, -0.2) is 24.6 Å². The van der Waals surface area contributed by atoms with Gasteiger partial charge in [-0.15, -0.1) is 0 Å². The van der Waals surface area contributed by atoms with Crippen molar-refractivity contribution in [2.24, 2.45) is 0 Å². The van der Waals surface area contributed by atoms with Gasteiger partial charge in [0.05, 0.1) is 12.6 Å². The third-order valence-electron chi connectivity index (χ3n) is 5.34. The topological polar surface area (TPSA) is 77.8 Å². The minimum Gasteiger partial charge on any atom is -0.387 e. The van der Waals surface area contributed by atoms with Gasteiger partial charge in [-0.1, -0.05) is 78.9 Å². The second-order valence-corrected chi connectivity index (χ2v) is 8.59. The monoisotopic (exact) mass is 395 g/mol. The summed E-state index contributed by atoms with van der Waals surface area (Å²) in [6.45, 7) is 0.0235. The molecule has 144 valence electrons. The smallest absolute Gasteiger partial charge is 0.294 e. The van der Waals surface area contributed by atoms with E-state index in [0.29, 0.717) is 16.8 Å². The van der Waals surface area contributed by atoms with E-state index in [0.717, 1.165) is 5.56 Å². The van der Waals surface area contributed by atoms with Gasteiger partial charge in [0.2, 0.25) is 0 Å². The third-order valence-corrected chi connectivity index (χ3v) is 6.79. The first-order chi connectivity index (χ1) is 13.4. The summed E-state index contributed by atoms with van der Waals surface area (Å²) >= 11 is 0. The van der Waals surface area contributed by atoms with E-state index in [1.807, 2.05) is 42.5 Å². The molecule has 0 saturated carbocycles. The highest BCUT2D eigenvalue weighted by Crippen LogP contribution is 2.48. The van der Waals surface area contributed by atoms with Crippen LogP contribution in [-0.2, 0) is 21.4 Å². The molecule has 3 aromatic carbocycles. The number of hydrogen-bond acceptors (Lipinski definition) is 4. The lowest BCUT2D eigenvalue weighted by molar-refractivity contribution is 0.178. The van der Waals surface area contributed by atoms with Gasteiger partial charge in [-0.25, -0.2) is 0 Å². The summed E-state index contributed by atoms with van der Waals surface area (Å²) in [6.07, 6.45) is -0.815. The van der Waals surface area contributed by atoms with Crippen LogP contribution in [0.4, 0.5) is 5.69 Å². The van der Waals surface area contributed by atoms with Gasteiger partial charge in [0, 0.05) is 12.1 Å². The Morgan fingerprint density at radius 2 is 1.46 bits per heavy atom. The number of para-hydroxylation sites is 1. The standard InChI is InChI=1S/C22H21NO4S/c24-21(17-9-3-1-4-10-17)16-23-20-14-8-7-11-18(20)15-22(23,28(25,26)27)19-12-5-2-6-13-19/h1-14,21,24H,15-16H2,(H,25,26,27). The van der Waals surface area contributed by atoms with E-state index in [2.05, 4.69) is 0 Å². The van der Waals surface area contributed by atoms with Gasteiger partial charge in [-0.05, 0) is 22.8 Å². The molecule has 0 bridgehead atoms. The lowest BCUT2D eigenvalue weighted by Crippen LogP contribution is -2.51. The van der Waals surface area contributed by atoms with Crippen LogP contribution in [0.2, 0.25) is 0 Å². The summed E-state index contributed by atoms with van der Waals surface area (Å²) in [7, 11) is -4.55. The number of rotatable bonds is 5. The van der Waals surface area contributed by atoms with Crippen molar-refractivity contribution in [3.05, 3.63) is 102 Å². The summed E-state index contributed by atoms with van der Waals surface area (Å²) in [6, 6.07) is 25.1. The number of anilines is 1. The van der Waals surface area contributed by atoms with Crippen LogP contribution in [0.5, 0.6) is 0 Å². The fourth-order valence-electron chi connectivity index (χ4n) is 4.01. The van der Waals surface area contributed by atoms with Crippen molar-refractivity contribution in [3.8, 4) is 0 Å². The van der Waals surface area contributed by atoms with E-state index >= 15 is 0 Å². The quantitative estimate of drug-likeness (QED) is 0.647. The molecule has 1 aliphatic rings. The maximum absolute atomic E-state index is 12.8. The molecule has 0 fully saturated rings. The number of fused-ring (bicyclic) bond motifs is 1. The first-order valence-electron chi connectivity index (χ1n) is 9.04. The second kappa shape index (κ2) is 7.05. The van der Waals surface area contributed by atoms with Crippen molar-refractivity contribution in [2.75, 3.05) is 11.4 Å². The normalized spacial score (nSPS) is 20.0. The molecule has 3 aromatic rings. The van der Waals surface area contributed by atoms with Crippen molar-refractivity contribution < 1.29 is 18.1 Å². The van der Waals surface area contributed by atoms with Crippen LogP contribution in [0.25, 0.3) is 0 Å². The first-order valence-corrected chi connectivity index (χ1v) is 10.5. The molecular formula is C22H21NO4S. The average molecular weight is 395 g/mol. The minimum absolute atomic E-state index is 0.0235. The van der Waals surface area contributed by atoms with E-state index in [4.69, 9.17) is 0 Å². The number of hydrogen-bond donors (Lipinski definition) is 2. The van der Waals surface area contributed by atoms with Crippen molar-refractivity contribution in [2.45, 2.75) is 17.4 Å². The molecule has 1 aliphatic heterocycles. The van der Waals surface area contributed by atoms with Crippen LogP contribution >= 0.6 is 0 Å². The molecule has 0 saturated heterocycles. The van der Waals surface area contributed by atoms with Gasteiger partial charge in [0.1, 0.15) is 0 Å². The lowest BCUT2D eigenvalue weighted by Gasteiger charge is -2.39. The number of aliphatic hydroxyl groups is 1. The fourth-order valence-corrected chi connectivity index (χ4v) is 5.23. The molecule has 5 nitrogen and oxygen atoms in total. The fraction of sp³-hybridized carbons (Fsp3) is 0.182. The van der Waals surface area contributed by atoms with Crippen molar-refractivity contribution in [1.82, 2.24) is 0 Å². The Balaban J connectivity index is 1.87. The van der Waals surface area contributed by atoms with Crippen molar-refractivity contribution in [1.29, 1.82) is 0 Å². The number of aliphatic hydroxyl groups excluding tert-OH is 1. The van der Waals surface area contributed by atoms with Crippen molar-refractivity contribution in [3.63, 3.8) is 0 Å². The second-order valence-electron chi connectivity index (χ2n) is 6.97. The first kappa shape index (κ1) is 18.7. The predicted octanol–water partition coefficient (Wildman–Crippen LogP) is 3.52. The van der Waals surface area contributed by atoms with E-state index in [1.165, 1.54) is 0 Å². The van der Waals surface area contributed by atoms with Gasteiger partial charge in [0.25, 0.3) is 10.1 Å². The maximum Gasteiger partial charge on any atom is 0.294 e. The number of nitrogens with zero attached hydrogens (tertiary/aromatic N) is 1. The zero-order valence-electron chi connectivity index (χ0n) is 15.1. The molecule has 4 rings (SSSR count). The summed E-state index contributed by atoms with van der Waals surface area (Å²) in [5.41, 5.74) is 2.65. The molecule has 0 radical (unpaired) electrons. The van der Waals surface area contributed by atoms with Crippen LogP contribution in [0, 0.1) is 0 Å². The Morgan fingerprint density at radius 3 is 2.11 bits per heavy atom. The highest BCUT2D eigenvalue weighted by atomic mass is 32.2. The van der Waals surface area contributed by atoms with E-state index in [-0.39, 0.29) is 13.0 Å². The predicted molar refractivity (Wildman–Crippen MR) is 109 cm³/mol. The van der Waals surface area contributed by atoms with Crippen LogP contribution in [0.1, 0.15) is 22.8 Å². The molecule has 6 heteroatoms. The summed E-state index contributed by atoms with van der Waals surface area (Å²) in [5.74, 6) is 0. The van der Waals surface area contributed by atoms with E-state index in [1.54, 1.807) is 47.4 Å². The molecule has 2 N–H and O–H groups in total. The molecular weight excluding hydrogens is 374 g/mol. The molecule has 2 atom stereocenters. The van der Waals surface area contributed by atoms with Crippen LogP contribution < -0.4 is 4.90 Å². The zero-order valence-corrected chi connectivity index (χ0v) is 16.0. The minimum atomic E-state index is -4.55. The molecule has 0 aliphatic carbocycles. The molecule has 0 amide bonds. The molecule has 2 unspecified atom stereocenters. The van der Waals surface area contributed by atoms with E-state index < -0.39 is 21.1 Å². The van der Waals surface area contributed by atoms with Crippen LogP contribution in [0.15, 0.2) is 84.9 Å². The Kier molecular flexibility index (Phi) is 4.71. The SMILES string of the molecule is O=S(=O)(O)C1(c2ccccc2)Cc2ccccc2N1CC(O)c1ccccc1. The Labute approximate surface area is 164 Å². The molecule has 0 aromatic heterocycles. The van der Waals surface area contributed by atoms with Gasteiger partial charge in [-0.2, -0.15) is 8.42 Å². The Bertz CT molecular complexity index is 1070. The Hall–Kier alpha value is -2.67. The highest BCUT2D eigenvalue weighted by molar-refractivity contribution is 7.87. The molecule has 1 heterocycles. The Morgan fingerprint density at radius 1 is 0.893 bits per heavy atom. The van der Waals surface area contributed by atoms with E-state index in [9.17, 15) is 18.1 Å². The zero-order chi connectivity index (χ0) is 19.8. The van der Waals surface area contributed by atoms with Crippen LogP contribution in [0.3, 0.4) is 0 Å². The van der Waals surface area contributed by atoms with Gasteiger partial charge < -0.3 is 10.0 Å². The lowest BCUT2D eigenvalue weighted by atomic mass is 10.0. The summed E-state index contributed by atoms with van der Waals surface area (Å²) in [5, 5.41) is 10.8. The summed E-state index contributed by atoms with van der Waals surface area (Å²) in [4.78, 5) is -0.0711. The molecule has 28 heavy (non-hydrogen) atoms. The number of benzene rings is 3.